The predicted octanol–water partition coefficient (Wildman–Crippen LogP) is 3.29. The van der Waals surface area contributed by atoms with Gasteiger partial charge in [-0.15, -0.1) is 0 Å². The summed E-state index contributed by atoms with van der Waals surface area (Å²) < 4.78 is 65.2. The van der Waals surface area contributed by atoms with Crippen molar-refractivity contribution in [2.45, 2.75) is 12.7 Å². The highest BCUT2D eigenvalue weighted by Gasteiger charge is 2.33. The molecule has 0 unspecified atom stereocenters. The molecule has 2 aromatic rings. The molecule has 0 saturated carbocycles. The van der Waals surface area contributed by atoms with Gasteiger partial charge in [-0.1, -0.05) is 12.1 Å². The van der Waals surface area contributed by atoms with Gasteiger partial charge >= 0.3 is 6.18 Å². The van der Waals surface area contributed by atoms with Crippen LogP contribution >= 0.6 is 0 Å². The first-order valence-corrected chi connectivity index (χ1v) is 8.04. The Morgan fingerprint density at radius 3 is 2.39 bits per heavy atom. The zero-order chi connectivity index (χ0) is 20.7. The van der Waals surface area contributed by atoms with E-state index in [1.165, 1.54) is 25.2 Å². The summed E-state index contributed by atoms with van der Waals surface area (Å²) in [6.45, 7) is -0.550. The first-order valence-electron chi connectivity index (χ1n) is 8.04. The fourth-order valence-corrected chi connectivity index (χ4v) is 2.30. The molecule has 10 heteroatoms. The number of rotatable bonds is 5. The number of amides is 1. The third kappa shape index (κ3) is 6.22. The molecular weight excluding hydrogens is 383 g/mol. The number of halogens is 5. The van der Waals surface area contributed by atoms with E-state index in [4.69, 9.17) is 0 Å². The maximum atomic E-state index is 13.1. The first-order chi connectivity index (χ1) is 13.2. The molecule has 2 rings (SSSR count). The van der Waals surface area contributed by atoms with Crippen LogP contribution in [0.1, 0.15) is 11.1 Å². The summed E-state index contributed by atoms with van der Waals surface area (Å²) in [5.74, 6) is -1.95. The number of hydrogen-bond acceptors (Lipinski definition) is 2. The van der Waals surface area contributed by atoms with Crippen molar-refractivity contribution >= 4 is 17.6 Å². The van der Waals surface area contributed by atoms with E-state index in [-0.39, 0.29) is 30.3 Å². The lowest BCUT2D eigenvalue weighted by atomic mass is 10.1. The fraction of sp³-hybridized carbons (Fsp3) is 0.222. The number of hydrogen-bond donors (Lipinski definition) is 3. The summed E-state index contributed by atoms with van der Waals surface area (Å²) >= 11 is 0. The Kier molecular flexibility index (Phi) is 6.91. The van der Waals surface area contributed by atoms with Gasteiger partial charge in [0.25, 0.3) is 0 Å². The molecule has 2 aromatic carbocycles. The van der Waals surface area contributed by atoms with Crippen LogP contribution in [0.3, 0.4) is 0 Å². The van der Waals surface area contributed by atoms with Crippen LogP contribution in [0.2, 0.25) is 0 Å². The number of nitrogens with zero attached hydrogens (tertiary/aromatic N) is 1. The van der Waals surface area contributed by atoms with E-state index in [9.17, 15) is 26.7 Å². The van der Waals surface area contributed by atoms with E-state index in [2.05, 4.69) is 20.9 Å². The zero-order valence-corrected chi connectivity index (χ0v) is 14.7. The number of aliphatic imine (C=N–C) groups is 1. The lowest BCUT2D eigenvalue weighted by Crippen LogP contribution is -2.41. The van der Waals surface area contributed by atoms with Crippen molar-refractivity contribution < 1.29 is 26.7 Å². The van der Waals surface area contributed by atoms with Gasteiger partial charge in [0.15, 0.2) is 5.96 Å². The Hall–Kier alpha value is -3.17. The minimum absolute atomic E-state index is 0.0619. The van der Waals surface area contributed by atoms with Crippen LogP contribution in [-0.4, -0.2) is 25.5 Å². The van der Waals surface area contributed by atoms with Crippen LogP contribution in [0.5, 0.6) is 0 Å². The predicted molar refractivity (Wildman–Crippen MR) is 94.6 cm³/mol. The van der Waals surface area contributed by atoms with Crippen molar-refractivity contribution in [2.24, 2.45) is 4.99 Å². The molecule has 0 aliphatic carbocycles. The van der Waals surface area contributed by atoms with Crippen LogP contribution < -0.4 is 16.0 Å². The second kappa shape index (κ2) is 9.16. The molecule has 0 saturated heterocycles. The minimum atomic E-state index is -4.71. The lowest BCUT2D eigenvalue weighted by Gasteiger charge is -2.16. The van der Waals surface area contributed by atoms with E-state index < -0.39 is 29.3 Å². The molecule has 0 fully saturated rings. The molecule has 0 radical (unpaired) electrons. The van der Waals surface area contributed by atoms with Crippen LogP contribution in [0, 0.1) is 11.6 Å². The summed E-state index contributed by atoms with van der Waals surface area (Å²) in [5, 5.41) is 7.70. The largest absolute Gasteiger partial charge is 0.416 e. The Bertz CT molecular complexity index is 867. The summed E-state index contributed by atoms with van der Waals surface area (Å²) in [4.78, 5) is 15.7. The second-order valence-corrected chi connectivity index (χ2v) is 5.64. The van der Waals surface area contributed by atoms with Crippen LogP contribution in [-0.2, 0) is 17.5 Å². The molecule has 0 aliphatic rings. The fourth-order valence-electron chi connectivity index (χ4n) is 2.30. The van der Waals surface area contributed by atoms with Gasteiger partial charge in [0.2, 0.25) is 5.91 Å². The van der Waals surface area contributed by atoms with E-state index in [1.54, 1.807) is 0 Å². The number of benzene rings is 2. The van der Waals surface area contributed by atoms with Crippen molar-refractivity contribution in [3.8, 4) is 0 Å². The van der Waals surface area contributed by atoms with Gasteiger partial charge in [-0.25, -0.2) is 8.78 Å². The van der Waals surface area contributed by atoms with Crippen LogP contribution in [0.4, 0.5) is 27.6 Å². The highest BCUT2D eigenvalue weighted by atomic mass is 19.4. The Labute approximate surface area is 157 Å². The SMILES string of the molecule is CN=C(NCC(=O)Nc1cccc(F)c1)NCc1ccc(F)cc1C(F)(F)F. The van der Waals surface area contributed by atoms with Gasteiger partial charge < -0.3 is 16.0 Å². The van der Waals surface area contributed by atoms with E-state index in [1.807, 2.05) is 0 Å². The topological polar surface area (TPSA) is 65.5 Å². The molecule has 0 aromatic heterocycles. The van der Waals surface area contributed by atoms with Crippen LogP contribution in [0.15, 0.2) is 47.5 Å². The maximum absolute atomic E-state index is 13.1. The lowest BCUT2D eigenvalue weighted by molar-refractivity contribution is -0.138. The number of alkyl halides is 3. The smallest absolute Gasteiger partial charge is 0.352 e. The molecule has 0 atom stereocenters. The molecule has 5 nitrogen and oxygen atoms in total. The molecular formula is C18H17F5N4O. The van der Waals surface area contributed by atoms with E-state index >= 15 is 0 Å². The van der Waals surface area contributed by atoms with Crippen molar-refractivity contribution in [1.29, 1.82) is 0 Å². The average molecular weight is 400 g/mol. The normalized spacial score (nSPS) is 11.9. The van der Waals surface area contributed by atoms with Gasteiger partial charge in [-0.2, -0.15) is 13.2 Å². The monoisotopic (exact) mass is 400 g/mol. The zero-order valence-electron chi connectivity index (χ0n) is 14.7. The molecule has 28 heavy (non-hydrogen) atoms. The number of guanidine groups is 1. The minimum Gasteiger partial charge on any atom is -0.352 e. The van der Waals surface area contributed by atoms with Gasteiger partial charge in [0.1, 0.15) is 11.6 Å². The van der Waals surface area contributed by atoms with Crippen molar-refractivity contribution in [1.82, 2.24) is 10.6 Å². The Balaban J connectivity index is 1.92. The maximum Gasteiger partial charge on any atom is 0.416 e. The Morgan fingerprint density at radius 1 is 1.04 bits per heavy atom. The quantitative estimate of drug-likeness (QED) is 0.410. The summed E-state index contributed by atoms with van der Waals surface area (Å²) in [6, 6.07) is 7.66. The summed E-state index contributed by atoms with van der Waals surface area (Å²) in [7, 11) is 1.37. The van der Waals surface area contributed by atoms with E-state index in [0.717, 1.165) is 18.2 Å². The molecule has 0 aliphatic heterocycles. The van der Waals surface area contributed by atoms with Crippen molar-refractivity contribution in [3.05, 3.63) is 65.2 Å². The van der Waals surface area contributed by atoms with Gasteiger partial charge in [0, 0.05) is 19.3 Å². The van der Waals surface area contributed by atoms with Gasteiger partial charge in [-0.3, -0.25) is 9.79 Å². The van der Waals surface area contributed by atoms with Gasteiger partial charge in [0.05, 0.1) is 12.1 Å². The number of nitrogens with one attached hydrogen (secondary N) is 3. The third-order valence-corrected chi connectivity index (χ3v) is 3.57. The molecule has 0 spiro atoms. The van der Waals surface area contributed by atoms with Crippen LogP contribution in [0.25, 0.3) is 0 Å². The molecule has 1 amide bonds. The summed E-state index contributed by atoms with van der Waals surface area (Å²) in [5.41, 5.74) is -1.02. The Morgan fingerprint density at radius 2 is 1.75 bits per heavy atom. The number of carbonyl (C=O) groups excluding carboxylic acids is 1. The molecule has 3 N–H and O–H groups in total. The van der Waals surface area contributed by atoms with Crippen molar-refractivity contribution in [3.63, 3.8) is 0 Å². The number of carbonyl (C=O) groups is 1. The molecule has 0 heterocycles. The summed E-state index contributed by atoms with van der Waals surface area (Å²) in [6.07, 6.45) is -4.71. The second-order valence-electron chi connectivity index (χ2n) is 5.64. The first kappa shape index (κ1) is 21.1. The van der Waals surface area contributed by atoms with E-state index in [0.29, 0.717) is 6.07 Å². The molecule has 150 valence electrons. The average Bonchev–Trinajstić information content (AvgIpc) is 2.62. The highest BCUT2D eigenvalue weighted by molar-refractivity contribution is 5.94. The standard InChI is InChI=1S/C18H17F5N4O/c1-24-17(26-10-16(28)27-14-4-2-3-12(19)7-14)25-9-11-5-6-13(20)8-15(11)18(21,22)23/h2-8H,9-10H2,1H3,(H,27,28)(H2,24,25,26). The van der Waals surface area contributed by atoms with Gasteiger partial charge in [-0.05, 0) is 35.9 Å². The highest BCUT2D eigenvalue weighted by Crippen LogP contribution is 2.32. The van der Waals surface area contributed by atoms with Crippen molar-refractivity contribution in [2.75, 3.05) is 18.9 Å². The third-order valence-electron chi connectivity index (χ3n) is 3.57. The molecule has 0 bridgehead atoms. The number of anilines is 1.